The average Bonchev–Trinajstić information content (AvgIpc) is 2.82. The fourth-order valence-corrected chi connectivity index (χ4v) is 2.15. The molecule has 0 radical (unpaired) electrons. The van der Waals surface area contributed by atoms with Crippen molar-refractivity contribution in [1.82, 2.24) is 15.3 Å². The van der Waals surface area contributed by atoms with E-state index < -0.39 is 0 Å². The van der Waals surface area contributed by atoms with Gasteiger partial charge in [0.15, 0.2) is 10.3 Å². The third-order valence-corrected chi connectivity index (χ3v) is 3.32. The van der Waals surface area contributed by atoms with Crippen molar-refractivity contribution in [2.75, 3.05) is 19.0 Å². The van der Waals surface area contributed by atoms with Crippen molar-refractivity contribution >= 4 is 34.8 Å². The van der Waals surface area contributed by atoms with Crippen LogP contribution in [0, 0.1) is 0 Å². The number of rotatable bonds is 3. The summed E-state index contributed by atoms with van der Waals surface area (Å²) in [5.74, 6) is -0.229. The fourth-order valence-electron chi connectivity index (χ4n) is 1.74. The predicted molar refractivity (Wildman–Crippen MR) is 67.9 cm³/mol. The van der Waals surface area contributed by atoms with Crippen molar-refractivity contribution in [1.29, 1.82) is 0 Å². The Morgan fingerprint density at radius 2 is 2.17 bits per heavy atom. The second kappa shape index (κ2) is 5.79. The lowest BCUT2D eigenvalue weighted by Crippen LogP contribution is -2.35. The molecule has 18 heavy (non-hydrogen) atoms. The summed E-state index contributed by atoms with van der Waals surface area (Å²) in [6.07, 6.45) is 1.87. The number of carbonyl (C=O) groups excluding carboxylic acids is 1. The van der Waals surface area contributed by atoms with E-state index in [1.165, 1.54) is 6.33 Å². The molecule has 1 aromatic heterocycles. The van der Waals surface area contributed by atoms with Crippen LogP contribution in [0.2, 0.25) is 10.3 Å². The molecule has 1 aliphatic rings. The van der Waals surface area contributed by atoms with Gasteiger partial charge in [-0.25, -0.2) is 9.97 Å². The highest BCUT2D eigenvalue weighted by Crippen LogP contribution is 2.26. The van der Waals surface area contributed by atoms with Crippen LogP contribution in [0.5, 0.6) is 0 Å². The standard InChI is InChI=1S/C10H12Cl2N4O2/c1-18-5-2-6(13-3-5)10(17)16-7-8(11)14-4-15-9(7)12/h4-6,13H,2-3H2,1H3,(H,16,17). The van der Waals surface area contributed by atoms with E-state index in [4.69, 9.17) is 27.9 Å². The molecule has 1 saturated heterocycles. The number of anilines is 1. The quantitative estimate of drug-likeness (QED) is 0.816. The molecule has 0 saturated carbocycles. The summed E-state index contributed by atoms with van der Waals surface area (Å²) < 4.78 is 5.17. The molecule has 2 rings (SSSR count). The largest absolute Gasteiger partial charge is 0.380 e. The molecule has 1 fully saturated rings. The molecule has 2 unspecified atom stereocenters. The topological polar surface area (TPSA) is 76.1 Å². The van der Waals surface area contributed by atoms with Gasteiger partial charge in [0.25, 0.3) is 0 Å². The predicted octanol–water partition coefficient (Wildman–Crippen LogP) is 1.10. The maximum atomic E-state index is 12.0. The zero-order valence-electron chi connectivity index (χ0n) is 9.61. The number of nitrogens with zero attached hydrogens (tertiary/aromatic N) is 2. The first kappa shape index (κ1) is 13.5. The molecule has 1 aliphatic heterocycles. The maximum Gasteiger partial charge on any atom is 0.241 e. The van der Waals surface area contributed by atoms with Gasteiger partial charge in [0.05, 0.1) is 12.1 Å². The number of halogens is 2. The zero-order valence-corrected chi connectivity index (χ0v) is 11.1. The third kappa shape index (κ3) is 2.89. The maximum absolute atomic E-state index is 12.0. The molecule has 0 aliphatic carbocycles. The second-order valence-corrected chi connectivity index (χ2v) is 4.59. The first-order valence-electron chi connectivity index (χ1n) is 5.35. The minimum atomic E-state index is -0.331. The van der Waals surface area contributed by atoms with Gasteiger partial charge in [-0.05, 0) is 6.42 Å². The molecule has 98 valence electrons. The summed E-state index contributed by atoms with van der Waals surface area (Å²) in [5.41, 5.74) is 0.230. The SMILES string of the molecule is COC1CNC(C(=O)Nc2c(Cl)ncnc2Cl)C1. The first-order chi connectivity index (χ1) is 8.61. The van der Waals surface area contributed by atoms with E-state index in [0.29, 0.717) is 13.0 Å². The summed E-state index contributed by atoms with van der Waals surface area (Å²) in [5, 5.41) is 5.90. The van der Waals surface area contributed by atoms with E-state index in [-0.39, 0.29) is 34.0 Å². The molecule has 8 heteroatoms. The van der Waals surface area contributed by atoms with E-state index >= 15 is 0 Å². The van der Waals surface area contributed by atoms with Crippen LogP contribution in [0.15, 0.2) is 6.33 Å². The highest BCUT2D eigenvalue weighted by Gasteiger charge is 2.30. The number of amides is 1. The lowest BCUT2D eigenvalue weighted by Gasteiger charge is -2.12. The number of aromatic nitrogens is 2. The van der Waals surface area contributed by atoms with E-state index in [2.05, 4.69) is 20.6 Å². The van der Waals surface area contributed by atoms with Crippen LogP contribution in [0.1, 0.15) is 6.42 Å². The minimum absolute atomic E-state index is 0.0405. The Hall–Kier alpha value is -0.950. The fraction of sp³-hybridized carbons (Fsp3) is 0.500. The van der Waals surface area contributed by atoms with Gasteiger partial charge < -0.3 is 15.4 Å². The molecule has 1 amide bonds. The van der Waals surface area contributed by atoms with Gasteiger partial charge in [-0.3, -0.25) is 4.79 Å². The van der Waals surface area contributed by atoms with Crippen LogP contribution in [-0.4, -0.2) is 41.7 Å². The van der Waals surface area contributed by atoms with Gasteiger partial charge in [0.2, 0.25) is 5.91 Å². The van der Waals surface area contributed by atoms with E-state index in [1.807, 2.05) is 0 Å². The average molecular weight is 291 g/mol. The molecule has 0 bridgehead atoms. The first-order valence-corrected chi connectivity index (χ1v) is 6.10. The molecule has 6 nitrogen and oxygen atoms in total. The molecule has 0 spiro atoms. The molecular weight excluding hydrogens is 279 g/mol. The van der Waals surface area contributed by atoms with Crippen molar-refractivity contribution < 1.29 is 9.53 Å². The Balaban J connectivity index is 2.04. The molecule has 0 aromatic carbocycles. The lowest BCUT2D eigenvalue weighted by molar-refractivity contribution is -0.118. The highest BCUT2D eigenvalue weighted by molar-refractivity contribution is 6.38. The van der Waals surface area contributed by atoms with E-state index in [9.17, 15) is 4.79 Å². The number of methoxy groups -OCH3 is 1. The van der Waals surface area contributed by atoms with Crippen molar-refractivity contribution in [3.05, 3.63) is 16.6 Å². The molecular formula is C10H12Cl2N4O2. The third-order valence-electron chi connectivity index (χ3n) is 2.74. The molecule has 2 heterocycles. The number of nitrogens with one attached hydrogen (secondary N) is 2. The summed E-state index contributed by atoms with van der Waals surface area (Å²) >= 11 is 11.7. The van der Waals surface area contributed by atoms with Gasteiger partial charge >= 0.3 is 0 Å². The monoisotopic (exact) mass is 290 g/mol. The van der Waals surface area contributed by atoms with Crippen molar-refractivity contribution in [3.63, 3.8) is 0 Å². The molecule has 2 N–H and O–H groups in total. The normalized spacial score (nSPS) is 23.1. The van der Waals surface area contributed by atoms with Crippen LogP contribution >= 0.6 is 23.2 Å². The van der Waals surface area contributed by atoms with Crippen molar-refractivity contribution in [2.45, 2.75) is 18.6 Å². The summed E-state index contributed by atoms with van der Waals surface area (Å²) in [6.45, 7) is 0.640. The smallest absolute Gasteiger partial charge is 0.241 e. The Kier molecular flexibility index (Phi) is 4.34. The molecule has 1 aromatic rings. The Morgan fingerprint density at radius 1 is 1.50 bits per heavy atom. The summed E-state index contributed by atoms with van der Waals surface area (Å²) in [4.78, 5) is 19.5. The van der Waals surface area contributed by atoms with Crippen LogP contribution in [-0.2, 0) is 9.53 Å². The number of carbonyl (C=O) groups is 1. The van der Waals surface area contributed by atoms with Gasteiger partial charge in [-0.1, -0.05) is 23.2 Å². The second-order valence-electron chi connectivity index (χ2n) is 3.87. The number of hydrogen-bond donors (Lipinski definition) is 2. The highest BCUT2D eigenvalue weighted by atomic mass is 35.5. The van der Waals surface area contributed by atoms with Crippen LogP contribution in [0.4, 0.5) is 5.69 Å². The van der Waals surface area contributed by atoms with Gasteiger partial charge in [0.1, 0.15) is 12.0 Å². The van der Waals surface area contributed by atoms with E-state index in [1.54, 1.807) is 7.11 Å². The zero-order chi connectivity index (χ0) is 13.1. The summed E-state index contributed by atoms with van der Waals surface area (Å²) in [7, 11) is 1.62. The van der Waals surface area contributed by atoms with Crippen LogP contribution in [0.3, 0.4) is 0 Å². The Morgan fingerprint density at radius 3 is 2.72 bits per heavy atom. The molecule has 2 atom stereocenters. The van der Waals surface area contributed by atoms with Gasteiger partial charge in [-0.15, -0.1) is 0 Å². The Labute approximate surface area is 114 Å². The van der Waals surface area contributed by atoms with Gasteiger partial charge in [0, 0.05) is 13.7 Å². The van der Waals surface area contributed by atoms with Gasteiger partial charge in [-0.2, -0.15) is 0 Å². The minimum Gasteiger partial charge on any atom is -0.380 e. The summed E-state index contributed by atoms with van der Waals surface area (Å²) in [6, 6.07) is -0.331. The Bertz CT molecular complexity index is 437. The van der Waals surface area contributed by atoms with E-state index in [0.717, 1.165) is 0 Å². The number of hydrogen-bond acceptors (Lipinski definition) is 5. The van der Waals surface area contributed by atoms with Crippen molar-refractivity contribution in [3.8, 4) is 0 Å². The van der Waals surface area contributed by atoms with Crippen molar-refractivity contribution in [2.24, 2.45) is 0 Å². The lowest BCUT2D eigenvalue weighted by atomic mass is 10.2. The van der Waals surface area contributed by atoms with Crippen LogP contribution < -0.4 is 10.6 Å². The van der Waals surface area contributed by atoms with Crippen LogP contribution in [0.25, 0.3) is 0 Å². The number of ether oxygens (including phenoxy) is 1.